The molecule has 0 fully saturated rings. The monoisotopic (exact) mass is 356 g/mol. The van der Waals surface area contributed by atoms with E-state index in [1.807, 2.05) is 42.5 Å². The fraction of sp³-hybridized carbons (Fsp3) is 0.136. The van der Waals surface area contributed by atoms with E-state index < -0.39 is 0 Å². The maximum atomic E-state index is 12.7. The van der Waals surface area contributed by atoms with Gasteiger partial charge in [0.25, 0.3) is 5.91 Å². The predicted molar refractivity (Wildman–Crippen MR) is 106 cm³/mol. The summed E-state index contributed by atoms with van der Waals surface area (Å²) >= 11 is 0. The number of hydrogen-bond donors (Lipinski definition) is 1. The quantitative estimate of drug-likeness (QED) is 0.602. The van der Waals surface area contributed by atoms with Crippen LogP contribution in [0.1, 0.15) is 27.0 Å². The number of aromatic nitrogens is 3. The maximum absolute atomic E-state index is 12.7. The molecule has 27 heavy (non-hydrogen) atoms. The molecule has 0 radical (unpaired) electrons. The summed E-state index contributed by atoms with van der Waals surface area (Å²) in [6.45, 7) is 4.59. The zero-order valence-corrected chi connectivity index (χ0v) is 15.3. The van der Waals surface area contributed by atoms with Crippen LogP contribution in [0.3, 0.4) is 0 Å². The van der Waals surface area contributed by atoms with Gasteiger partial charge < -0.3 is 5.32 Å². The van der Waals surface area contributed by atoms with Gasteiger partial charge in [-0.15, -0.1) is 0 Å². The number of carbonyl (C=O) groups excluding carboxylic acids is 1. The minimum Gasteiger partial charge on any atom is -0.348 e. The molecule has 2 heterocycles. The molecule has 0 saturated carbocycles. The Bertz CT molecular complexity index is 1120. The zero-order chi connectivity index (χ0) is 18.8. The molecular weight excluding hydrogens is 336 g/mol. The number of nitrogens with one attached hydrogen (secondary N) is 1. The lowest BCUT2D eigenvalue weighted by Gasteiger charge is -2.08. The van der Waals surface area contributed by atoms with Gasteiger partial charge in [0, 0.05) is 18.3 Å². The predicted octanol–water partition coefficient (Wildman–Crippen LogP) is 3.94. The van der Waals surface area contributed by atoms with E-state index >= 15 is 0 Å². The van der Waals surface area contributed by atoms with Crippen LogP contribution in [0.15, 0.2) is 67.0 Å². The molecule has 1 amide bonds. The summed E-state index contributed by atoms with van der Waals surface area (Å²) in [4.78, 5) is 17.1. The van der Waals surface area contributed by atoms with Crippen molar-refractivity contribution in [3.8, 4) is 11.3 Å². The summed E-state index contributed by atoms with van der Waals surface area (Å²) < 4.78 is 1.71. The van der Waals surface area contributed by atoms with E-state index in [4.69, 9.17) is 0 Å². The van der Waals surface area contributed by atoms with Gasteiger partial charge in [-0.05, 0) is 31.0 Å². The lowest BCUT2D eigenvalue weighted by Crippen LogP contribution is -2.23. The molecule has 0 aliphatic rings. The van der Waals surface area contributed by atoms with Crippen LogP contribution in [-0.4, -0.2) is 20.5 Å². The van der Waals surface area contributed by atoms with E-state index in [0.717, 1.165) is 16.8 Å². The van der Waals surface area contributed by atoms with Gasteiger partial charge in [0.15, 0.2) is 5.65 Å². The molecule has 134 valence electrons. The molecule has 5 nitrogen and oxygen atoms in total. The molecule has 2 aromatic heterocycles. The van der Waals surface area contributed by atoms with Crippen LogP contribution in [0.4, 0.5) is 0 Å². The lowest BCUT2D eigenvalue weighted by molar-refractivity contribution is 0.0952. The number of benzene rings is 2. The Morgan fingerprint density at radius 2 is 1.89 bits per heavy atom. The third-order valence-electron chi connectivity index (χ3n) is 4.65. The number of fused-ring (bicyclic) bond motifs is 1. The van der Waals surface area contributed by atoms with Crippen LogP contribution in [0.5, 0.6) is 0 Å². The van der Waals surface area contributed by atoms with Crippen LogP contribution < -0.4 is 5.32 Å². The summed E-state index contributed by atoms with van der Waals surface area (Å²) in [5.41, 5.74) is 6.42. The highest BCUT2D eigenvalue weighted by Crippen LogP contribution is 2.20. The van der Waals surface area contributed by atoms with Gasteiger partial charge in [0.05, 0.1) is 11.9 Å². The molecule has 0 bridgehead atoms. The second-order valence-corrected chi connectivity index (χ2v) is 6.60. The average Bonchev–Trinajstić information content (AvgIpc) is 3.12. The smallest absolute Gasteiger partial charge is 0.257 e. The molecule has 0 aliphatic carbocycles. The third-order valence-corrected chi connectivity index (χ3v) is 4.65. The van der Waals surface area contributed by atoms with Crippen molar-refractivity contribution in [2.24, 2.45) is 0 Å². The molecule has 4 aromatic rings. The summed E-state index contributed by atoms with van der Waals surface area (Å²) in [7, 11) is 0. The standard InChI is InChI=1S/C22H20N4O/c1-15-8-9-18(16(2)12-15)13-24-22(27)19-14-25-26-20(10-11-23-21(19)26)17-6-4-3-5-7-17/h3-12,14H,13H2,1-2H3,(H,24,27). The van der Waals surface area contributed by atoms with Crippen molar-refractivity contribution in [1.29, 1.82) is 0 Å². The van der Waals surface area contributed by atoms with Crippen LogP contribution in [0.2, 0.25) is 0 Å². The molecule has 1 N–H and O–H groups in total. The molecule has 4 rings (SSSR count). The number of hydrogen-bond acceptors (Lipinski definition) is 3. The van der Waals surface area contributed by atoms with Crippen LogP contribution in [0.25, 0.3) is 16.9 Å². The van der Waals surface area contributed by atoms with Crippen molar-refractivity contribution in [2.45, 2.75) is 20.4 Å². The van der Waals surface area contributed by atoms with E-state index in [0.29, 0.717) is 17.8 Å². The molecule has 0 spiro atoms. The second-order valence-electron chi connectivity index (χ2n) is 6.60. The summed E-state index contributed by atoms with van der Waals surface area (Å²) in [5.74, 6) is -0.178. The fourth-order valence-electron chi connectivity index (χ4n) is 3.19. The fourth-order valence-corrected chi connectivity index (χ4v) is 3.19. The van der Waals surface area contributed by atoms with E-state index in [9.17, 15) is 4.79 Å². The highest BCUT2D eigenvalue weighted by Gasteiger charge is 2.16. The van der Waals surface area contributed by atoms with Crippen LogP contribution in [-0.2, 0) is 6.54 Å². The van der Waals surface area contributed by atoms with Gasteiger partial charge >= 0.3 is 0 Å². The van der Waals surface area contributed by atoms with Gasteiger partial charge in [-0.3, -0.25) is 4.79 Å². The van der Waals surface area contributed by atoms with E-state index in [-0.39, 0.29) is 5.91 Å². The number of rotatable bonds is 4. The van der Waals surface area contributed by atoms with Crippen molar-refractivity contribution >= 4 is 11.6 Å². The first kappa shape index (κ1) is 17.0. The molecule has 0 aliphatic heterocycles. The molecule has 2 aromatic carbocycles. The van der Waals surface area contributed by atoms with Gasteiger partial charge in [-0.1, -0.05) is 54.1 Å². The Balaban J connectivity index is 1.61. The van der Waals surface area contributed by atoms with Crippen LogP contribution >= 0.6 is 0 Å². The Labute approximate surface area is 157 Å². The minimum absolute atomic E-state index is 0.178. The van der Waals surface area contributed by atoms with Crippen molar-refractivity contribution in [2.75, 3.05) is 0 Å². The first-order chi connectivity index (χ1) is 13.1. The summed E-state index contributed by atoms with van der Waals surface area (Å²) in [6, 6.07) is 18.1. The zero-order valence-electron chi connectivity index (χ0n) is 15.3. The molecular formula is C22H20N4O. The molecule has 5 heteroatoms. The largest absolute Gasteiger partial charge is 0.348 e. The Hall–Kier alpha value is -3.47. The topological polar surface area (TPSA) is 59.3 Å². The van der Waals surface area contributed by atoms with Crippen molar-refractivity contribution in [1.82, 2.24) is 19.9 Å². The van der Waals surface area contributed by atoms with Crippen molar-refractivity contribution in [3.63, 3.8) is 0 Å². The van der Waals surface area contributed by atoms with E-state index in [2.05, 4.69) is 41.4 Å². The Kier molecular flexibility index (Phi) is 4.42. The van der Waals surface area contributed by atoms with Gasteiger partial charge in [-0.25, -0.2) is 9.50 Å². The summed E-state index contributed by atoms with van der Waals surface area (Å²) in [5, 5.41) is 7.37. The number of amides is 1. The molecule has 0 saturated heterocycles. The van der Waals surface area contributed by atoms with E-state index in [1.54, 1.807) is 16.9 Å². The summed E-state index contributed by atoms with van der Waals surface area (Å²) in [6.07, 6.45) is 3.28. The highest BCUT2D eigenvalue weighted by atomic mass is 16.1. The molecule has 0 unspecified atom stereocenters. The first-order valence-electron chi connectivity index (χ1n) is 8.86. The van der Waals surface area contributed by atoms with E-state index in [1.165, 1.54) is 11.1 Å². The number of aryl methyl sites for hydroxylation is 2. The van der Waals surface area contributed by atoms with Gasteiger partial charge in [0.1, 0.15) is 5.56 Å². The Morgan fingerprint density at radius 3 is 2.67 bits per heavy atom. The number of nitrogens with zero attached hydrogens (tertiary/aromatic N) is 3. The lowest BCUT2D eigenvalue weighted by atomic mass is 10.1. The van der Waals surface area contributed by atoms with Crippen LogP contribution in [0, 0.1) is 13.8 Å². The average molecular weight is 356 g/mol. The van der Waals surface area contributed by atoms with Gasteiger partial charge in [-0.2, -0.15) is 5.10 Å². The minimum atomic E-state index is -0.178. The van der Waals surface area contributed by atoms with Gasteiger partial charge in [0.2, 0.25) is 0 Å². The third kappa shape index (κ3) is 3.31. The maximum Gasteiger partial charge on any atom is 0.257 e. The Morgan fingerprint density at radius 1 is 1.07 bits per heavy atom. The van der Waals surface area contributed by atoms with Crippen molar-refractivity contribution < 1.29 is 4.79 Å². The second kappa shape index (κ2) is 7.03. The normalized spacial score (nSPS) is 10.9. The highest BCUT2D eigenvalue weighted by molar-refractivity contribution is 5.99. The SMILES string of the molecule is Cc1ccc(CNC(=O)c2cnn3c(-c4ccccc4)ccnc23)c(C)c1. The molecule has 0 atom stereocenters. The number of carbonyl (C=O) groups is 1. The van der Waals surface area contributed by atoms with Crippen molar-refractivity contribution in [3.05, 3.63) is 89.2 Å². The first-order valence-corrected chi connectivity index (χ1v) is 8.86.